The van der Waals surface area contributed by atoms with Crippen LogP contribution in [0.25, 0.3) is 0 Å². The van der Waals surface area contributed by atoms with Crippen LogP contribution in [0.1, 0.15) is 44.1 Å². The summed E-state index contributed by atoms with van der Waals surface area (Å²) in [6.07, 6.45) is 6.91. The summed E-state index contributed by atoms with van der Waals surface area (Å²) < 4.78 is 13.6. The van der Waals surface area contributed by atoms with Gasteiger partial charge in [-0.05, 0) is 50.2 Å². The lowest BCUT2D eigenvalue weighted by Crippen LogP contribution is -2.43. The molecular formula is C16H21FOS. The van der Waals surface area contributed by atoms with Gasteiger partial charge in [-0.15, -0.1) is 0 Å². The van der Waals surface area contributed by atoms with Gasteiger partial charge in [0.25, 0.3) is 0 Å². The SMILES string of the molecule is OC1(CCc2ccccc2F)CC2CCCC(C1)S2. The van der Waals surface area contributed by atoms with Crippen molar-refractivity contribution in [1.29, 1.82) is 0 Å². The molecular weight excluding hydrogens is 259 g/mol. The molecule has 2 unspecified atom stereocenters. The van der Waals surface area contributed by atoms with Crippen LogP contribution in [0, 0.1) is 5.82 Å². The van der Waals surface area contributed by atoms with Gasteiger partial charge in [-0.3, -0.25) is 0 Å². The second kappa shape index (κ2) is 5.45. The first-order valence-corrected chi connectivity index (χ1v) is 8.20. The highest BCUT2D eigenvalue weighted by Crippen LogP contribution is 2.46. The molecule has 2 atom stereocenters. The Bertz CT molecular complexity index is 436. The van der Waals surface area contributed by atoms with E-state index >= 15 is 0 Å². The quantitative estimate of drug-likeness (QED) is 0.905. The highest BCUT2D eigenvalue weighted by atomic mass is 32.2. The molecule has 104 valence electrons. The third kappa shape index (κ3) is 3.14. The van der Waals surface area contributed by atoms with Crippen molar-refractivity contribution in [3.63, 3.8) is 0 Å². The molecule has 0 saturated carbocycles. The summed E-state index contributed by atoms with van der Waals surface area (Å²) in [5.74, 6) is -0.142. The van der Waals surface area contributed by atoms with E-state index in [1.165, 1.54) is 25.3 Å². The molecule has 1 N–H and O–H groups in total. The molecule has 3 rings (SSSR count). The molecule has 1 nitrogen and oxygen atoms in total. The topological polar surface area (TPSA) is 20.2 Å². The maximum absolute atomic E-state index is 13.6. The van der Waals surface area contributed by atoms with Crippen LogP contribution in [0.2, 0.25) is 0 Å². The Hall–Kier alpha value is -0.540. The van der Waals surface area contributed by atoms with E-state index in [4.69, 9.17) is 0 Å². The number of hydrogen-bond acceptors (Lipinski definition) is 2. The summed E-state index contributed by atoms with van der Waals surface area (Å²) in [5, 5.41) is 12.0. The van der Waals surface area contributed by atoms with Crippen molar-refractivity contribution in [1.82, 2.24) is 0 Å². The Morgan fingerprint density at radius 2 is 1.89 bits per heavy atom. The number of halogens is 1. The van der Waals surface area contributed by atoms with Gasteiger partial charge < -0.3 is 5.11 Å². The number of fused-ring (bicyclic) bond motifs is 2. The summed E-state index contributed by atoms with van der Waals surface area (Å²) in [6, 6.07) is 6.92. The van der Waals surface area contributed by atoms with Crippen LogP contribution in [0.15, 0.2) is 24.3 Å². The van der Waals surface area contributed by atoms with Crippen LogP contribution in [0.3, 0.4) is 0 Å². The first kappa shape index (κ1) is 13.4. The molecule has 1 aromatic carbocycles. The zero-order valence-electron chi connectivity index (χ0n) is 11.1. The fourth-order valence-corrected chi connectivity index (χ4v) is 5.45. The minimum absolute atomic E-state index is 0.142. The second-order valence-corrected chi connectivity index (χ2v) is 7.64. The summed E-state index contributed by atoms with van der Waals surface area (Å²) >= 11 is 2.07. The number of benzene rings is 1. The lowest BCUT2D eigenvalue weighted by atomic mass is 9.81. The first-order chi connectivity index (χ1) is 9.15. The van der Waals surface area contributed by atoms with Gasteiger partial charge in [0.1, 0.15) is 5.82 Å². The van der Waals surface area contributed by atoms with Crippen molar-refractivity contribution in [2.24, 2.45) is 0 Å². The molecule has 3 heteroatoms. The van der Waals surface area contributed by atoms with Crippen LogP contribution in [-0.4, -0.2) is 21.2 Å². The van der Waals surface area contributed by atoms with Crippen molar-refractivity contribution in [3.05, 3.63) is 35.6 Å². The summed E-state index contributed by atoms with van der Waals surface area (Å²) in [4.78, 5) is 0. The molecule has 0 spiro atoms. The van der Waals surface area contributed by atoms with E-state index in [-0.39, 0.29) is 5.82 Å². The van der Waals surface area contributed by atoms with Crippen LogP contribution in [-0.2, 0) is 6.42 Å². The van der Waals surface area contributed by atoms with Gasteiger partial charge in [0.05, 0.1) is 5.60 Å². The fraction of sp³-hybridized carbons (Fsp3) is 0.625. The number of aryl methyl sites for hydroxylation is 1. The van der Waals surface area contributed by atoms with Crippen molar-refractivity contribution >= 4 is 11.8 Å². The van der Waals surface area contributed by atoms with E-state index in [2.05, 4.69) is 11.8 Å². The number of rotatable bonds is 3. The Morgan fingerprint density at radius 1 is 1.21 bits per heavy atom. The summed E-state index contributed by atoms with van der Waals surface area (Å²) in [6.45, 7) is 0. The lowest BCUT2D eigenvalue weighted by molar-refractivity contribution is 0.00475. The summed E-state index contributed by atoms with van der Waals surface area (Å²) in [7, 11) is 0. The van der Waals surface area contributed by atoms with E-state index in [0.717, 1.165) is 18.4 Å². The maximum Gasteiger partial charge on any atom is 0.126 e. The Kier molecular flexibility index (Phi) is 3.86. The highest BCUT2D eigenvalue weighted by molar-refractivity contribution is 8.00. The molecule has 1 aromatic rings. The van der Waals surface area contributed by atoms with Gasteiger partial charge >= 0.3 is 0 Å². The standard InChI is InChI=1S/C16H21FOS/c17-15-7-2-1-4-12(15)8-9-16(18)10-13-5-3-6-14(11-16)19-13/h1-2,4,7,13-14,18H,3,5-6,8-11H2. The minimum atomic E-state index is -0.566. The van der Waals surface area contributed by atoms with Crippen LogP contribution >= 0.6 is 11.8 Å². The molecule has 0 radical (unpaired) electrons. The van der Waals surface area contributed by atoms with E-state index in [0.29, 0.717) is 23.3 Å². The zero-order valence-corrected chi connectivity index (χ0v) is 12.0. The molecule has 2 saturated heterocycles. The van der Waals surface area contributed by atoms with Crippen LogP contribution < -0.4 is 0 Å². The van der Waals surface area contributed by atoms with Gasteiger partial charge in [0, 0.05) is 10.5 Å². The van der Waals surface area contributed by atoms with Crippen LogP contribution in [0.5, 0.6) is 0 Å². The second-order valence-electron chi connectivity index (χ2n) is 6.04. The van der Waals surface area contributed by atoms with Gasteiger partial charge in [0.2, 0.25) is 0 Å². The molecule has 2 aliphatic heterocycles. The Morgan fingerprint density at radius 3 is 2.58 bits per heavy atom. The average Bonchev–Trinajstić information content (AvgIpc) is 2.37. The maximum atomic E-state index is 13.6. The molecule has 2 fully saturated rings. The molecule has 0 aromatic heterocycles. The largest absolute Gasteiger partial charge is 0.390 e. The first-order valence-electron chi connectivity index (χ1n) is 7.26. The molecule has 2 aliphatic rings. The third-order valence-corrected chi connectivity index (χ3v) is 6.04. The molecule has 0 aliphatic carbocycles. The minimum Gasteiger partial charge on any atom is -0.390 e. The lowest BCUT2D eigenvalue weighted by Gasteiger charge is -2.44. The van der Waals surface area contributed by atoms with Crippen molar-refractivity contribution in [2.45, 2.75) is 61.0 Å². The zero-order chi connectivity index (χ0) is 13.3. The van der Waals surface area contributed by atoms with Crippen molar-refractivity contribution < 1.29 is 9.50 Å². The van der Waals surface area contributed by atoms with Crippen molar-refractivity contribution in [3.8, 4) is 0 Å². The third-order valence-electron chi connectivity index (χ3n) is 4.47. The van der Waals surface area contributed by atoms with Gasteiger partial charge in [0.15, 0.2) is 0 Å². The van der Waals surface area contributed by atoms with Gasteiger partial charge in [-0.1, -0.05) is 24.6 Å². The predicted molar refractivity (Wildman–Crippen MR) is 77.9 cm³/mol. The van der Waals surface area contributed by atoms with Crippen LogP contribution in [0.4, 0.5) is 4.39 Å². The Labute approximate surface area is 118 Å². The van der Waals surface area contributed by atoms with E-state index in [9.17, 15) is 9.50 Å². The van der Waals surface area contributed by atoms with E-state index < -0.39 is 5.60 Å². The fourth-order valence-electron chi connectivity index (χ4n) is 3.49. The predicted octanol–water partition coefficient (Wildman–Crippen LogP) is 3.94. The normalized spacial score (nSPS) is 34.2. The van der Waals surface area contributed by atoms with E-state index in [1.54, 1.807) is 6.07 Å². The average molecular weight is 280 g/mol. The van der Waals surface area contributed by atoms with E-state index in [1.807, 2.05) is 12.1 Å². The molecule has 0 amide bonds. The monoisotopic (exact) mass is 280 g/mol. The molecule has 2 heterocycles. The molecule has 2 bridgehead atoms. The smallest absolute Gasteiger partial charge is 0.126 e. The number of hydrogen-bond donors (Lipinski definition) is 1. The van der Waals surface area contributed by atoms with Gasteiger partial charge in [-0.2, -0.15) is 11.8 Å². The number of aliphatic hydroxyl groups is 1. The molecule has 19 heavy (non-hydrogen) atoms. The Balaban J connectivity index is 1.64. The van der Waals surface area contributed by atoms with Gasteiger partial charge in [-0.25, -0.2) is 4.39 Å². The number of thioether (sulfide) groups is 1. The highest BCUT2D eigenvalue weighted by Gasteiger charge is 2.40. The van der Waals surface area contributed by atoms with Crippen molar-refractivity contribution in [2.75, 3.05) is 0 Å². The summed E-state index contributed by atoms with van der Waals surface area (Å²) in [5.41, 5.74) is 0.169.